The molecule has 0 saturated carbocycles. The van der Waals surface area contributed by atoms with E-state index in [0.717, 1.165) is 0 Å². The molecule has 0 fully saturated rings. The van der Waals surface area contributed by atoms with E-state index >= 15 is 0 Å². The topological polar surface area (TPSA) is 74.6 Å². The molecule has 2 N–H and O–H groups in total. The summed E-state index contributed by atoms with van der Waals surface area (Å²) in [6, 6.07) is 3.93. The maximum atomic E-state index is 10.7. The third-order valence-electron chi connectivity index (χ3n) is 1.53. The maximum absolute atomic E-state index is 10.7. The summed E-state index contributed by atoms with van der Waals surface area (Å²) in [6.07, 6.45) is 0. The molecule has 0 unspecified atom stereocenters. The van der Waals surface area contributed by atoms with Gasteiger partial charge in [0.1, 0.15) is 10.6 Å². The molecular weight excluding hydrogens is 203 g/mol. The second-order valence-electron chi connectivity index (χ2n) is 2.38. The number of hydrogen-bond acceptors (Lipinski definition) is 3. The van der Waals surface area contributed by atoms with Crippen LogP contribution in [-0.4, -0.2) is 47.6 Å². The molecule has 0 aliphatic heterocycles. The second-order valence-corrected chi connectivity index (χ2v) is 3.77. The van der Waals surface area contributed by atoms with E-state index in [1.54, 1.807) is 0 Å². The Labute approximate surface area is 98.6 Å². The molecule has 0 aliphatic rings. The van der Waals surface area contributed by atoms with Gasteiger partial charge in [0.15, 0.2) is 0 Å². The van der Waals surface area contributed by atoms with Crippen LogP contribution in [0, 0.1) is 6.92 Å². The van der Waals surface area contributed by atoms with E-state index in [1.165, 1.54) is 25.1 Å². The fourth-order valence-electron chi connectivity index (χ4n) is 0.882. The van der Waals surface area contributed by atoms with Gasteiger partial charge in [-0.1, -0.05) is 6.07 Å². The Balaban J connectivity index is 0.00000144. The molecule has 6 heteroatoms. The van der Waals surface area contributed by atoms with Crippen molar-refractivity contribution in [2.45, 2.75) is 11.8 Å². The fraction of sp³-hybridized carbons (Fsp3) is 0.143. The summed E-state index contributed by atoms with van der Waals surface area (Å²) in [4.78, 5) is -0.262. The molecule has 0 bridgehead atoms. The van der Waals surface area contributed by atoms with Crippen LogP contribution >= 0.6 is 0 Å². The van der Waals surface area contributed by atoms with Gasteiger partial charge in [0.2, 0.25) is 0 Å². The number of aromatic hydroxyl groups is 1. The normalized spacial score (nSPS) is 10.6. The molecule has 0 radical (unpaired) electrons. The number of phenolic OH excluding ortho intramolecular Hbond substituents is 1. The Morgan fingerprint density at radius 3 is 2.23 bits per heavy atom. The van der Waals surface area contributed by atoms with Crippen molar-refractivity contribution in [3.63, 3.8) is 0 Å². The Kier molecular flexibility index (Phi) is 4.41. The molecule has 13 heavy (non-hydrogen) atoms. The second kappa shape index (κ2) is 4.43. The molecule has 0 spiro atoms. The van der Waals surface area contributed by atoms with Gasteiger partial charge in [0.25, 0.3) is 10.1 Å². The van der Waals surface area contributed by atoms with Crippen molar-refractivity contribution < 1.29 is 18.1 Å². The zero-order valence-corrected chi connectivity index (χ0v) is 7.17. The summed E-state index contributed by atoms with van der Waals surface area (Å²) < 4.78 is 30.0. The van der Waals surface area contributed by atoms with Crippen LogP contribution in [0.5, 0.6) is 5.75 Å². The van der Waals surface area contributed by atoms with Gasteiger partial charge in [-0.15, -0.1) is 0 Å². The summed E-state index contributed by atoms with van der Waals surface area (Å²) in [5.41, 5.74) is 0.153. The summed E-state index contributed by atoms with van der Waals surface area (Å²) >= 11 is 0. The molecule has 0 heterocycles. The predicted octanol–water partition coefficient (Wildman–Crippen LogP) is 0.299. The zero-order valence-electron chi connectivity index (χ0n) is 6.35. The fourth-order valence-corrected chi connectivity index (χ4v) is 1.62. The van der Waals surface area contributed by atoms with Crippen LogP contribution in [0.2, 0.25) is 0 Å². The van der Waals surface area contributed by atoms with Gasteiger partial charge in [-0.05, 0) is 19.1 Å². The van der Waals surface area contributed by atoms with E-state index in [4.69, 9.17) is 9.66 Å². The first kappa shape index (κ1) is 12.9. The van der Waals surface area contributed by atoms with Crippen LogP contribution in [-0.2, 0) is 10.1 Å². The number of rotatable bonds is 1. The molecule has 68 valence electrons. The molecule has 1 aromatic carbocycles. The first-order chi connectivity index (χ1) is 5.43. The van der Waals surface area contributed by atoms with Crippen molar-refractivity contribution in [2.75, 3.05) is 0 Å². The zero-order chi connectivity index (χ0) is 9.35. The molecule has 1 aromatic rings. The standard InChI is InChI=1S/C7H8O4S.Na.H/c1-5-6(8)3-2-4-7(5)12(9,10)11;;/h2-4,8H,1H3,(H,9,10,11);;. The third-order valence-corrected chi connectivity index (χ3v) is 2.53. The van der Waals surface area contributed by atoms with E-state index in [9.17, 15) is 8.42 Å². The molecule has 0 aromatic heterocycles. The average Bonchev–Trinajstić information content (AvgIpc) is 1.92. The molecule has 0 amide bonds. The van der Waals surface area contributed by atoms with E-state index in [0.29, 0.717) is 0 Å². The summed E-state index contributed by atoms with van der Waals surface area (Å²) in [7, 11) is -4.22. The van der Waals surface area contributed by atoms with Gasteiger partial charge in [-0.25, -0.2) is 0 Å². The van der Waals surface area contributed by atoms with E-state index in [2.05, 4.69) is 0 Å². The monoisotopic (exact) mass is 212 g/mol. The SMILES string of the molecule is Cc1c(O)cccc1S(=O)(=O)O.[NaH]. The Bertz CT molecular complexity index is 399. The average molecular weight is 212 g/mol. The summed E-state index contributed by atoms with van der Waals surface area (Å²) in [5, 5.41) is 9.09. The van der Waals surface area contributed by atoms with Gasteiger partial charge in [-0.2, -0.15) is 8.42 Å². The van der Waals surface area contributed by atoms with Gasteiger partial charge >= 0.3 is 29.6 Å². The quantitative estimate of drug-likeness (QED) is 0.518. The van der Waals surface area contributed by atoms with Crippen LogP contribution < -0.4 is 0 Å². The Morgan fingerprint density at radius 2 is 1.85 bits per heavy atom. The van der Waals surface area contributed by atoms with Crippen LogP contribution in [0.4, 0.5) is 0 Å². The number of phenols is 1. The molecule has 0 saturated heterocycles. The molecule has 1 rings (SSSR count). The van der Waals surface area contributed by atoms with Gasteiger partial charge in [0, 0.05) is 5.56 Å². The van der Waals surface area contributed by atoms with Crippen LogP contribution in [0.15, 0.2) is 23.1 Å². The van der Waals surface area contributed by atoms with E-state index in [1.807, 2.05) is 0 Å². The molecule has 0 aliphatic carbocycles. The van der Waals surface area contributed by atoms with Crippen molar-refractivity contribution >= 4 is 39.7 Å². The molecular formula is C7H9NaO4S. The van der Waals surface area contributed by atoms with E-state index in [-0.39, 0.29) is 45.8 Å². The van der Waals surface area contributed by atoms with Gasteiger partial charge in [-0.3, -0.25) is 4.55 Å². The van der Waals surface area contributed by atoms with Crippen LogP contribution in [0.3, 0.4) is 0 Å². The van der Waals surface area contributed by atoms with Gasteiger partial charge in [0.05, 0.1) is 0 Å². The van der Waals surface area contributed by atoms with Crippen LogP contribution in [0.25, 0.3) is 0 Å². The van der Waals surface area contributed by atoms with Crippen molar-refractivity contribution in [3.8, 4) is 5.75 Å². The van der Waals surface area contributed by atoms with Crippen molar-refractivity contribution in [1.29, 1.82) is 0 Å². The minimum absolute atomic E-state index is 0. The molecule has 4 nitrogen and oxygen atoms in total. The first-order valence-electron chi connectivity index (χ1n) is 3.19. The summed E-state index contributed by atoms with van der Waals surface area (Å²) in [5.74, 6) is -0.148. The molecule has 0 atom stereocenters. The number of benzene rings is 1. The van der Waals surface area contributed by atoms with Crippen molar-refractivity contribution in [3.05, 3.63) is 23.8 Å². The summed E-state index contributed by atoms with van der Waals surface area (Å²) in [6.45, 7) is 1.42. The van der Waals surface area contributed by atoms with Crippen molar-refractivity contribution in [2.24, 2.45) is 0 Å². The first-order valence-corrected chi connectivity index (χ1v) is 4.63. The predicted molar refractivity (Wildman–Crippen MR) is 49.8 cm³/mol. The Morgan fingerprint density at radius 1 is 1.31 bits per heavy atom. The van der Waals surface area contributed by atoms with Crippen LogP contribution in [0.1, 0.15) is 5.56 Å². The number of hydrogen-bond donors (Lipinski definition) is 2. The van der Waals surface area contributed by atoms with Gasteiger partial charge < -0.3 is 5.11 Å². The Hall–Kier alpha value is -0.0700. The van der Waals surface area contributed by atoms with E-state index < -0.39 is 10.1 Å². The minimum atomic E-state index is -4.22. The third kappa shape index (κ3) is 2.96. The van der Waals surface area contributed by atoms with Crippen molar-refractivity contribution in [1.82, 2.24) is 0 Å².